The van der Waals surface area contributed by atoms with Crippen molar-refractivity contribution in [2.24, 2.45) is 0 Å². The maximum absolute atomic E-state index is 10.8. The van der Waals surface area contributed by atoms with Crippen molar-refractivity contribution in [2.45, 2.75) is 6.10 Å². The number of carbonyl (C=O) groups is 1. The van der Waals surface area contributed by atoms with Crippen LogP contribution in [0.25, 0.3) is 0 Å². The van der Waals surface area contributed by atoms with Gasteiger partial charge < -0.3 is 10.1 Å². The molecule has 0 radical (unpaired) electrons. The highest BCUT2D eigenvalue weighted by molar-refractivity contribution is 14.1. The molecule has 1 N–H and O–H groups in total. The first-order valence-electron chi connectivity index (χ1n) is 2.80. The second kappa shape index (κ2) is 3.36. The number of nitrogens with one attached hydrogen (secondary N) is 1. The summed E-state index contributed by atoms with van der Waals surface area (Å²) in [5.41, 5.74) is 0. The summed E-state index contributed by atoms with van der Waals surface area (Å²) in [4.78, 5) is 10.8. The Labute approximate surface area is 67.3 Å². The number of ether oxygens (including phenoxy) is 1. The van der Waals surface area contributed by atoms with Gasteiger partial charge in [0.1, 0.15) is 6.10 Å². The number of amides is 1. The van der Waals surface area contributed by atoms with Gasteiger partial charge in [-0.05, 0) is 0 Å². The van der Waals surface area contributed by atoms with Gasteiger partial charge >= 0.3 is 0 Å². The molecular formula is C5H8INO2. The van der Waals surface area contributed by atoms with E-state index in [-0.39, 0.29) is 12.0 Å². The Kier molecular flexibility index (Phi) is 2.71. The highest BCUT2D eigenvalue weighted by Gasteiger charge is 2.20. The molecule has 1 rings (SSSR count). The van der Waals surface area contributed by atoms with Crippen molar-refractivity contribution in [2.75, 3.05) is 17.6 Å². The molecule has 4 heteroatoms. The number of rotatable bonds is 1. The van der Waals surface area contributed by atoms with Crippen LogP contribution >= 0.6 is 22.6 Å². The van der Waals surface area contributed by atoms with Gasteiger partial charge in [0.25, 0.3) is 0 Å². The van der Waals surface area contributed by atoms with Crippen LogP contribution in [-0.2, 0) is 9.53 Å². The molecule has 1 fully saturated rings. The van der Waals surface area contributed by atoms with Crippen molar-refractivity contribution in [1.82, 2.24) is 5.32 Å². The molecule has 0 aromatic carbocycles. The van der Waals surface area contributed by atoms with Gasteiger partial charge in [-0.2, -0.15) is 0 Å². The average molecular weight is 241 g/mol. The van der Waals surface area contributed by atoms with Crippen LogP contribution in [-0.4, -0.2) is 29.6 Å². The molecule has 9 heavy (non-hydrogen) atoms. The number of halogens is 1. The van der Waals surface area contributed by atoms with E-state index in [1.165, 1.54) is 0 Å². The zero-order chi connectivity index (χ0) is 6.69. The van der Waals surface area contributed by atoms with Gasteiger partial charge in [0, 0.05) is 11.0 Å². The Morgan fingerprint density at radius 1 is 1.89 bits per heavy atom. The van der Waals surface area contributed by atoms with Gasteiger partial charge in [-0.3, -0.25) is 4.79 Å². The lowest BCUT2D eigenvalue weighted by atomic mass is 10.3. The van der Waals surface area contributed by atoms with E-state index in [0.717, 1.165) is 4.43 Å². The third kappa shape index (κ3) is 1.79. The van der Waals surface area contributed by atoms with Crippen LogP contribution in [0.3, 0.4) is 0 Å². The molecule has 1 aliphatic heterocycles. The first-order valence-corrected chi connectivity index (χ1v) is 4.32. The fourth-order valence-corrected chi connectivity index (χ4v) is 1.33. The van der Waals surface area contributed by atoms with Crippen molar-refractivity contribution in [3.8, 4) is 0 Å². The lowest BCUT2D eigenvalue weighted by Gasteiger charge is -2.20. The Morgan fingerprint density at radius 2 is 2.67 bits per heavy atom. The number of morpholine rings is 1. The zero-order valence-electron chi connectivity index (χ0n) is 4.89. The van der Waals surface area contributed by atoms with E-state index in [1.54, 1.807) is 0 Å². The molecule has 1 unspecified atom stereocenters. The van der Waals surface area contributed by atoms with Crippen LogP contribution in [0.2, 0.25) is 0 Å². The first kappa shape index (κ1) is 7.27. The van der Waals surface area contributed by atoms with E-state index < -0.39 is 0 Å². The van der Waals surface area contributed by atoms with E-state index in [0.29, 0.717) is 13.2 Å². The summed E-state index contributed by atoms with van der Waals surface area (Å²) in [7, 11) is 0. The van der Waals surface area contributed by atoms with Crippen LogP contribution in [0, 0.1) is 0 Å². The number of carbonyl (C=O) groups excluding carboxylic acids is 1. The highest BCUT2D eigenvalue weighted by Crippen LogP contribution is 2.00. The maximum Gasteiger partial charge on any atom is 0.250 e. The summed E-state index contributed by atoms with van der Waals surface area (Å²) in [5, 5.41) is 2.71. The number of alkyl halides is 1. The quantitative estimate of drug-likeness (QED) is 0.515. The largest absolute Gasteiger partial charge is 0.366 e. The van der Waals surface area contributed by atoms with Crippen molar-refractivity contribution in [3.05, 3.63) is 0 Å². The molecule has 0 saturated carbocycles. The predicted octanol–water partition coefficient (Wildman–Crippen LogP) is -0.0636. The zero-order valence-corrected chi connectivity index (χ0v) is 7.05. The second-order valence-corrected chi connectivity index (χ2v) is 2.69. The smallest absolute Gasteiger partial charge is 0.250 e. The SMILES string of the molecule is O=C1NCCOC1CI. The van der Waals surface area contributed by atoms with Gasteiger partial charge in [0.2, 0.25) is 5.91 Å². The lowest BCUT2D eigenvalue weighted by Crippen LogP contribution is -2.45. The summed E-state index contributed by atoms with van der Waals surface area (Å²) in [6.45, 7) is 1.31. The molecule has 0 aromatic heterocycles. The third-order valence-corrected chi connectivity index (χ3v) is 1.95. The molecule has 0 bridgehead atoms. The Balaban J connectivity index is 2.39. The Hall–Kier alpha value is 0.160. The molecule has 1 amide bonds. The summed E-state index contributed by atoms with van der Waals surface area (Å²) in [6.07, 6.45) is -0.209. The van der Waals surface area contributed by atoms with Gasteiger partial charge in [0.15, 0.2) is 0 Å². The third-order valence-electron chi connectivity index (χ3n) is 1.15. The second-order valence-electron chi connectivity index (χ2n) is 1.80. The first-order chi connectivity index (χ1) is 4.34. The molecule has 1 atom stereocenters. The van der Waals surface area contributed by atoms with Crippen LogP contribution in [0.4, 0.5) is 0 Å². The minimum absolute atomic E-state index is 0.0238. The van der Waals surface area contributed by atoms with Gasteiger partial charge in [-0.25, -0.2) is 0 Å². The average Bonchev–Trinajstić information content (AvgIpc) is 1.89. The van der Waals surface area contributed by atoms with Crippen molar-refractivity contribution in [1.29, 1.82) is 0 Å². The summed E-state index contributed by atoms with van der Waals surface area (Å²) in [6, 6.07) is 0. The van der Waals surface area contributed by atoms with E-state index in [9.17, 15) is 4.79 Å². The summed E-state index contributed by atoms with van der Waals surface area (Å²) in [5.74, 6) is 0.0238. The monoisotopic (exact) mass is 241 g/mol. The predicted molar refractivity (Wildman–Crippen MR) is 41.6 cm³/mol. The van der Waals surface area contributed by atoms with Crippen molar-refractivity contribution >= 4 is 28.5 Å². The van der Waals surface area contributed by atoms with E-state index in [1.807, 2.05) is 0 Å². The van der Waals surface area contributed by atoms with E-state index in [4.69, 9.17) is 4.74 Å². The number of hydrogen-bond donors (Lipinski definition) is 1. The minimum Gasteiger partial charge on any atom is -0.366 e. The molecule has 0 aliphatic carbocycles. The lowest BCUT2D eigenvalue weighted by molar-refractivity contribution is -0.135. The maximum atomic E-state index is 10.8. The number of hydrogen-bond acceptors (Lipinski definition) is 2. The van der Waals surface area contributed by atoms with Crippen molar-refractivity contribution in [3.63, 3.8) is 0 Å². The van der Waals surface area contributed by atoms with Crippen LogP contribution in [0.15, 0.2) is 0 Å². The van der Waals surface area contributed by atoms with Gasteiger partial charge in [0.05, 0.1) is 6.61 Å². The molecule has 0 aromatic rings. The topological polar surface area (TPSA) is 38.3 Å². The molecule has 1 saturated heterocycles. The summed E-state index contributed by atoms with van der Waals surface area (Å²) >= 11 is 2.14. The fraction of sp³-hybridized carbons (Fsp3) is 0.800. The van der Waals surface area contributed by atoms with E-state index >= 15 is 0 Å². The minimum atomic E-state index is -0.209. The van der Waals surface area contributed by atoms with Crippen LogP contribution < -0.4 is 5.32 Å². The molecule has 0 spiro atoms. The summed E-state index contributed by atoms with van der Waals surface area (Å²) < 4.78 is 5.86. The highest BCUT2D eigenvalue weighted by atomic mass is 127. The molecule has 52 valence electrons. The molecule has 1 heterocycles. The van der Waals surface area contributed by atoms with Gasteiger partial charge in [-0.1, -0.05) is 22.6 Å². The Bertz CT molecular complexity index is 118. The normalized spacial score (nSPS) is 27.7. The molecular weight excluding hydrogens is 233 g/mol. The Morgan fingerprint density at radius 3 is 3.11 bits per heavy atom. The van der Waals surface area contributed by atoms with E-state index in [2.05, 4.69) is 27.9 Å². The van der Waals surface area contributed by atoms with Crippen molar-refractivity contribution < 1.29 is 9.53 Å². The van der Waals surface area contributed by atoms with Crippen LogP contribution in [0.1, 0.15) is 0 Å². The molecule has 1 aliphatic rings. The van der Waals surface area contributed by atoms with Crippen LogP contribution in [0.5, 0.6) is 0 Å². The fourth-order valence-electron chi connectivity index (χ4n) is 0.680. The van der Waals surface area contributed by atoms with Gasteiger partial charge in [-0.15, -0.1) is 0 Å². The molecule has 3 nitrogen and oxygen atoms in total. The standard InChI is InChI=1S/C5H8INO2/c6-3-4-5(8)7-1-2-9-4/h4H,1-3H2,(H,7,8).